The Morgan fingerprint density at radius 1 is 1.47 bits per heavy atom. The van der Waals surface area contributed by atoms with Crippen molar-refractivity contribution in [3.05, 3.63) is 0 Å². The van der Waals surface area contributed by atoms with Gasteiger partial charge < -0.3 is 0 Å². The molecule has 1 N–H and O–H groups in total. The zero-order chi connectivity index (χ0) is 12.4. The van der Waals surface area contributed by atoms with Gasteiger partial charge in [0.25, 0.3) is 0 Å². The molecule has 0 radical (unpaired) electrons. The van der Waals surface area contributed by atoms with Crippen LogP contribution < -0.4 is 5.32 Å². The predicted molar refractivity (Wildman–Crippen MR) is 63.4 cm³/mol. The molecule has 2 aliphatic heterocycles. The fourth-order valence-corrected chi connectivity index (χ4v) is 2.10. The second kappa shape index (κ2) is 4.87. The minimum absolute atomic E-state index is 0.0682. The van der Waals surface area contributed by atoms with Gasteiger partial charge in [-0.3, -0.25) is 10.2 Å². The molecule has 2 heterocycles. The number of rotatable bonds is 1. The molecule has 0 aliphatic carbocycles. The van der Waals surface area contributed by atoms with Crippen molar-refractivity contribution < 1.29 is 9.41 Å². The molecule has 2 rings (SSSR count). The summed E-state index contributed by atoms with van der Waals surface area (Å²) in [6.07, 6.45) is 2.28. The molecule has 0 amide bonds. The van der Waals surface area contributed by atoms with Gasteiger partial charge >= 0.3 is 6.02 Å². The second-order valence-corrected chi connectivity index (χ2v) is 4.78. The lowest BCUT2D eigenvalue weighted by molar-refractivity contribution is -0.487. The minimum Gasteiger partial charge on any atom is -0.291 e. The summed E-state index contributed by atoms with van der Waals surface area (Å²) < 4.78 is 1.91. The number of hydrogen-bond acceptors (Lipinski definition) is 5. The first-order chi connectivity index (χ1) is 8.09. The van der Waals surface area contributed by atoms with Crippen molar-refractivity contribution in [3.8, 4) is 0 Å². The lowest BCUT2D eigenvalue weighted by atomic mass is 10.1. The fraction of sp³-hybridized carbons (Fsp3) is 0.900. The van der Waals surface area contributed by atoms with Crippen molar-refractivity contribution >= 4 is 6.02 Å². The van der Waals surface area contributed by atoms with Gasteiger partial charge in [0.2, 0.25) is 0 Å². The highest BCUT2D eigenvalue weighted by molar-refractivity contribution is 5.67. The van der Waals surface area contributed by atoms with Crippen molar-refractivity contribution in [1.29, 1.82) is 0 Å². The van der Waals surface area contributed by atoms with Crippen LogP contribution in [0.5, 0.6) is 0 Å². The van der Waals surface area contributed by atoms with E-state index in [0.717, 1.165) is 25.4 Å². The largest absolute Gasteiger partial charge is 0.471 e. The van der Waals surface area contributed by atoms with Crippen LogP contribution in [0.1, 0.15) is 12.8 Å². The topological polar surface area (TPSA) is 55.5 Å². The Labute approximate surface area is 102 Å². The monoisotopic (exact) mass is 241 g/mol. The van der Waals surface area contributed by atoms with Gasteiger partial charge in [-0.05, 0) is 24.6 Å². The molecule has 0 aromatic carbocycles. The molecule has 7 heteroatoms. The molecular weight excluding hydrogens is 220 g/mol. The lowest BCUT2D eigenvalue weighted by Crippen LogP contribution is -2.52. The molecule has 2 aliphatic rings. The van der Waals surface area contributed by atoms with Gasteiger partial charge in [0.15, 0.2) is 6.17 Å². The Bertz CT molecular complexity index is 336. The van der Waals surface area contributed by atoms with Crippen LogP contribution in [0.2, 0.25) is 0 Å². The number of hydrogen-bond donors (Lipinski definition) is 1. The summed E-state index contributed by atoms with van der Waals surface area (Å²) in [5.41, 5.74) is 0. The smallest absolute Gasteiger partial charge is 0.291 e. The van der Waals surface area contributed by atoms with Gasteiger partial charge in [0.05, 0.1) is 28.2 Å². The summed E-state index contributed by atoms with van der Waals surface area (Å²) in [5, 5.41) is 13.3. The minimum atomic E-state index is 0.0682. The number of fused-ring (bicyclic) bond motifs is 1. The van der Waals surface area contributed by atoms with E-state index in [1.54, 1.807) is 5.17 Å². The molecule has 0 saturated carbocycles. The van der Waals surface area contributed by atoms with Crippen LogP contribution in [0.3, 0.4) is 0 Å². The molecule has 17 heavy (non-hydrogen) atoms. The van der Waals surface area contributed by atoms with Gasteiger partial charge in [-0.1, -0.05) is 5.17 Å². The molecular formula is C10H21N6O+. The van der Waals surface area contributed by atoms with Crippen LogP contribution in [0.15, 0.2) is 10.3 Å². The van der Waals surface area contributed by atoms with Gasteiger partial charge in [-0.25, -0.2) is 9.48 Å². The maximum Gasteiger partial charge on any atom is 0.471 e. The van der Waals surface area contributed by atoms with Crippen molar-refractivity contribution in [2.24, 2.45) is 10.3 Å². The number of hydroxylamine groups is 1. The van der Waals surface area contributed by atoms with Crippen molar-refractivity contribution in [1.82, 2.24) is 15.4 Å². The molecule has 2 unspecified atom stereocenters. The number of nitrogens with zero attached hydrogens (tertiary/aromatic N) is 5. The highest BCUT2D eigenvalue weighted by Crippen LogP contribution is 2.23. The van der Waals surface area contributed by atoms with Crippen LogP contribution in [0, 0.1) is 0 Å². The highest BCUT2D eigenvalue weighted by atomic mass is 16.7. The zero-order valence-electron chi connectivity index (χ0n) is 10.9. The van der Waals surface area contributed by atoms with E-state index in [2.05, 4.69) is 15.7 Å². The predicted octanol–water partition coefficient (Wildman–Crippen LogP) is -0.131. The van der Waals surface area contributed by atoms with E-state index in [1.807, 2.05) is 37.7 Å². The molecule has 0 bridgehead atoms. The van der Waals surface area contributed by atoms with Crippen LogP contribution in [0.4, 0.5) is 0 Å². The Morgan fingerprint density at radius 2 is 2.24 bits per heavy atom. The number of piperidine rings is 1. The zero-order valence-corrected chi connectivity index (χ0v) is 10.9. The van der Waals surface area contributed by atoms with Crippen molar-refractivity contribution in [3.63, 3.8) is 0 Å². The molecule has 7 nitrogen and oxygen atoms in total. The van der Waals surface area contributed by atoms with E-state index in [4.69, 9.17) is 4.84 Å². The first-order valence-corrected chi connectivity index (χ1v) is 5.92. The van der Waals surface area contributed by atoms with Crippen molar-refractivity contribution in [2.75, 3.05) is 34.7 Å². The maximum atomic E-state index is 5.78. The summed E-state index contributed by atoms with van der Waals surface area (Å²) in [7, 11) is 7.76. The maximum absolute atomic E-state index is 5.78. The van der Waals surface area contributed by atoms with E-state index in [0.29, 0.717) is 0 Å². The molecule has 0 aromatic heterocycles. The standard InChI is InChI=1S/C10H21N6O/c1-14(2)10(15(3)4)17-16-9-8(12-13-16)6-5-7-11-9/h8-9,11H,5-7H2,1-4H3/q+1. The molecule has 0 aromatic rings. The second-order valence-electron chi connectivity index (χ2n) is 4.78. The van der Waals surface area contributed by atoms with Gasteiger partial charge in [0.1, 0.15) is 6.04 Å². The SMILES string of the molecule is CN(C)C(ON1N=NC2CCCNC21)=[N+](C)C. The van der Waals surface area contributed by atoms with Gasteiger partial charge in [-0.2, -0.15) is 5.11 Å². The third kappa shape index (κ3) is 2.49. The normalized spacial score (nSPS) is 26.7. The Morgan fingerprint density at radius 3 is 2.88 bits per heavy atom. The van der Waals surface area contributed by atoms with E-state index in [9.17, 15) is 0 Å². The van der Waals surface area contributed by atoms with E-state index >= 15 is 0 Å². The van der Waals surface area contributed by atoms with Crippen LogP contribution >= 0.6 is 0 Å². The third-order valence-electron chi connectivity index (χ3n) is 2.86. The third-order valence-corrected chi connectivity index (χ3v) is 2.86. The Kier molecular flexibility index (Phi) is 3.46. The average Bonchev–Trinajstić information content (AvgIpc) is 2.68. The van der Waals surface area contributed by atoms with Crippen LogP contribution in [0.25, 0.3) is 0 Å². The number of nitrogens with one attached hydrogen (secondary N) is 1. The fourth-order valence-electron chi connectivity index (χ4n) is 2.10. The quantitative estimate of drug-likeness (QED) is 0.395. The molecule has 1 saturated heterocycles. The van der Waals surface area contributed by atoms with Gasteiger partial charge in [0, 0.05) is 0 Å². The number of amidine groups is 1. The summed E-state index contributed by atoms with van der Waals surface area (Å²) in [6, 6.07) is 0.950. The summed E-state index contributed by atoms with van der Waals surface area (Å²) in [4.78, 5) is 7.69. The lowest BCUT2D eigenvalue weighted by Gasteiger charge is -2.28. The van der Waals surface area contributed by atoms with E-state index < -0.39 is 0 Å². The average molecular weight is 241 g/mol. The van der Waals surface area contributed by atoms with Crippen LogP contribution in [-0.2, 0) is 4.84 Å². The molecule has 2 atom stereocenters. The van der Waals surface area contributed by atoms with Crippen LogP contribution in [-0.4, -0.2) is 67.6 Å². The molecule has 1 fully saturated rings. The summed E-state index contributed by atoms with van der Waals surface area (Å²) in [5.74, 6) is 0. The molecule has 0 spiro atoms. The van der Waals surface area contributed by atoms with E-state index in [1.165, 1.54) is 0 Å². The van der Waals surface area contributed by atoms with Crippen molar-refractivity contribution in [2.45, 2.75) is 25.0 Å². The summed E-state index contributed by atoms with van der Waals surface area (Å²) in [6.45, 7) is 0.991. The highest BCUT2D eigenvalue weighted by Gasteiger charge is 2.38. The Hall–Kier alpha value is -1.37. The Balaban J connectivity index is 2.04. The van der Waals surface area contributed by atoms with Gasteiger partial charge in [-0.15, -0.1) is 0 Å². The first kappa shape index (κ1) is 12.1. The van der Waals surface area contributed by atoms with E-state index in [-0.39, 0.29) is 12.2 Å². The molecule has 96 valence electrons. The summed E-state index contributed by atoms with van der Waals surface area (Å²) >= 11 is 0. The first-order valence-electron chi connectivity index (χ1n) is 5.92.